The molecule has 8 heteroatoms. The first-order valence-electron chi connectivity index (χ1n) is 4.76. The van der Waals surface area contributed by atoms with Crippen molar-refractivity contribution in [3.05, 3.63) is 18.0 Å². The van der Waals surface area contributed by atoms with Gasteiger partial charge in [-0.1, -0.05) is 0 Å². The number of aromatic nitrogens is 2. The Morgan fingerprint density at radius 2 is 2.24 bits per heavy atom. The van der Waals surface area contributed by atoms with Gasteiger partial charge in [0, 0.05) is 6.20 Å². The summed E-state index contributed by atoms with van der Waals surface area (Å²) >= 11 is 0. The number of amides is 2. The van der Waals surface area contributed by atoms with E-state index in [9.17, 15) is 14.4 Å². The van der Waals surface area contributed by atoms with Crippen molar-refractivity contribution in [1.82, 2.24) is 15.1 Å². The second-order valence-corrected chi connectivity index (χ2v) is 3.35. The normalized spacial score (nSPS) is 11.8. The van der Waals surface area contributed by atoms with E-state index in [-0.39, 0.29) is 12.2 Å². The molecule has 0 aliphatic carbocycles. The first kappa shape index (κ1) is 12.7. The molecule has 1 heterocycles. The van der Waals surface area contributed by atoms with E-state index < -0.39 is 23.8 Å². The molecule has 1 atom stereocenters. The summed E-state index contributed by atoms with van der Waals surface area (Å²) in [5, 5.41) is 14.7. The lowest BCUT2D eigenvalue weighted by Gasteiger charge is -2.11. The minimum atomic E-state index is -1.17. The quantitative estimate of drug-likeness (QED) is 0.592. The smallest absolute Gasteiger partial charge is 0.356 e. The number of primary amides is 1. The maximum Gasteiger partial charge on any atom is 0.356 e. The Kier molecular flexibility index (Phi) is 3.81. The van der Waals surface area contributed by atoms with Crippen LogP contribution >= 0.6 is 0 Å². The zero-order valence-corrected chi connectivity index (χ0v) is 9.08. The van der Waals surface area contributed by atoms with Crippen molar-refractivity contribution in [2.45, 2.75) is 13.0 Å². The third-order valence-electron chi connectivity index (χ3n) is 2.04. The highest BCUT2D eigenvalue weighted by atomic mass is 16.4. The van der Waals surface area contributed by atoms with Gasteiger partial charge in [-0.15, -0.1) is 0 Å². The van der Waals surface area contributed by atoms with Gasteiger partial charge in [0.1, 0.15) is 6.04 Å². The zero-order chi connectivity index (χ0) is 13.0. The van der Waals surface area contributed by atoms with Gasteiger partial charge in [-0.2, -0.15) is 5.10 Å². The van der Waals surface area contributed by atoms with Crippen LogP contribution in [0.15, 0.2) is 12.3 Å². The summed E-state index contributed by atoms with van der Waals surface area (Å²) < 4.78 is 1.19. The number of carbonyl (C=O) groups excluding carboxylic acids is 2. The van der Waals surface area contributed by atoms with Crippen molar-refractivity contribution in [1.29, 1.82) is 0 Å². The van der Waals surface area contributed by atoms with E-state index in [1.807, 2.05) is 0 Å². The average Bonchev–Trinajstić information content (AvgIpc) is 2.73. The van der Waals surface area contributed by atoms with Gasteiger partial charge in [0.25, 0.3) is 0 Å². The topological polar surface area (TPSA) is 127 Å². The number of rotatable bonds is 5. The van der Waals surface area contributed by atoms with Crippen LogP contribution in [-0.4, -0.2) is 39.2 Å². The molecule has 1 aromatic heterocycles. The van der Waals surface area contributed by atoms with Crippen LogP contribution in [0.5, 0.6) is 0 Å². The van der Waals surface area contributed by atoms with Crippen molar-refractivity contribution in [3.8, 4) is 0 Å². The summed E-state index contributed by atoms with van der Waals surface area (Å²) in [5.74, 6) is -2.30. The van der Waals surface area contributed by atoms with Crippen molar-refractivity contribution < 1.29 is 19.5 Å². The SMILES string of the molecule is CC(C(=O)NCC(N)=O)n1ccc(C(=O)O)n1. The maximum absolute atomic E-state index is 11.5. The van der Waals surface area contributed by atoms with Crippen LogP contribution in [0.3, 0.4) is 0 Å². The molecule has 0 saturated heterocycles. The molecule has 0 bridgehead atoms. The molecule has 2 amide bonds. The summed E-state index contributed by atoms with van der Waals surface area (Å²) in [6, 6.07) is 0.558. The highest BCUT2D eigenvalue weighted by Gasteiger charge is 2.17. The number of carboxylic acids is 1. The lowest BCUT2D eigenvalue weighted by Crippen LogP contribution is -2.37. The van der Waals surface area contributed by atoms with Gasteiger partial charge in [-0.25, -0.2) is 4.79 Å². The van der Waals surface area contributed by atoms with Crippen LogP contribution in [0.4, 0.5) is 0 Å². The van der Waals surface area contributed by atoms with Gasteiger partial charge < -0.3 is 16.2 Å². The van der Waals surface area contributed by atoms with E-state index in [0.717, 1.165) is 0 Å². The summed E-state index contributed by atoms with van der Waals surface area (Å²) in [6.45, 7) is 1.26. The number of carbonyl (C=O) groups is 3. The van der Waals surface area contributed by atoms with Gasteiger partial charge in [0.15, 0.2) is 5.69 Å². The minimum Gasteiger partial charge on any atom is -0.476 e. The van der Waals surface area contributed by atoms with Gasteiger partial charge in [0.2, 0.25) is 11.8 Å². The second-order valence-electron chi connectivity index (χ2n) is 3.35. The number of carboxylic acid groups (broad SMARTS) is 1. The molecule has 92 valence electrons. The molecule has 0 fully saturated rings. The lowest BCUT2D eigenvalue weighted by molar-refractivity contribution is -0.127. The van der Waals surface area contributed by atoms with Gasteiger partial charge in [-0.05, 0) is 13.0 Å². The summed E-state index contributed by atoms with van der Waals surface area (Å²) in [4.78, 5) is 32.5. The molecular weight excluding hydrogens is 228 g/mol. The second kappa shape index (κ2) is 5.10. The summed E-state index contributed by atoms with van der Waals surface area (Å²) in [7, 11) is 0. The third kappa shape index (κ3) is 3.30. The first-order chi connectivity index (χ1) is 7.91. The van der Waals surface area contributed by atoms with Crippen molar-refractivity contribution >= 4 is 17.8 Å². The fraction of sp³-hybridized carbons (Fsp3) is 0.333. The van der Waals surface area contributed by atoms with E-state index >= 15 is 0 Å². The number of nitrogens with zero attached hydrogens (tertiary/aromatic N) is 2. The molecule has 1 rings (SSSR count). The predicted octanol–water partition coefficient (Wildman–Crippen LogP) is -1.26. The fourth-order valence-corrected chi connectivity index (χ4v) is 1.11. The van der Waals surface area contributed by atoms with E-state index in [1.165, 1.54) is 23.9 Å². The zero-order valence-electron chi connectivity index (χ0n) is 9.08. The Morgan fingerprint density at radius 1 is 1.59 bits per heavy atom. The molecule has 0 radical (unpaired) electrons. The maximum atomic E-state index is 11.5. The van der Waals surface area contributed by atoms with Crippen LogP contribution in [0.25, 0.3) is 0 Å². The lowest BCUT2D eigenvalue weighted by atomic mass is 10.3. The Labute approximate surface area is 96.4 Å². The van der Waals surface area contributed by atoms with Crippen LogP contribution in [0.2, 0.25) is 0 Å². The van der Waals surface area contributed by atoms with Gasteiger partial charge in [-0.3, -0.25) is 14.3 Å². The number of hydrogen-bond acceptors (Lipinski definition) is 4. The van der Waals surface area contributed by atoms with Crippen LogP contribution in [-0.2, 0) is 9.59 Å². The summed E-state index contributed by atoms with van der Waals surface area (Å²) in [5.41, 5.74) is 4.72. The molecule has 4 N–H and O–H groups in total. The van der Waals surface area contributed by atoms with Crippen LogP contribution < -0.4 is 11.1 Å². The van der Waals surface area contributed by atoms with Gasteiger partial charge in [0.05, 0.1) is 6.54 Å². The van der Waals surface area contributed by atoms with E-state index in [1.54, 1.807) is 0 Å². The fourth-order valence-electron chi connectivity index (χ4n) is 1.11. The number of nitrogens with one attached hydrogen (secondary N) is 1. The minimum absolute atomic E-state index is 0.153. The molecule has 0 aliphatic rings. The third-order valence-corrected chi connectivity index (χ3v) is 2.04. The largest absolute Gasteiger partial charge is 0.476 e. The molecule has 0 aromatic carbocycles. The Balaban J connectivity index is 2.67. The molecule has 0 saturated carbocycles. The van der Waals surface area contributed by atoms with E-state index in [2.05, 4.69) is 10.4 Å². The van der Waals surface area contributed by atoms with Crippen molar-refractivity contribution in [2.24, 2.45) is 5.73 Å². The Hall–Kier alpha value is -2.38. The number of nitrogens with two attached hydrogens (primary N) is 1. The molecule has 1 unspecified atom stereocenters. The summed E-state index contributed by atoms with van der Waals surface area (Å²) in [6.07, 6.45) is 1.37. The standard InChI is InChI=1S/C9H12N4O4/c1-5(8(15)11-4-7(10)14)13-3-2-6(12-13)9(16)17/h2-3,5H,4H2,1H3,(H2,10,14)(H,11,15)(H,16,17). The predicted molar refractivity (Wildman–Crippen MR) is 56.1 cm³/mol. The molecule has 1 aromatic rings. The van der Waals surface area contributed by atoms with Crippen LogP contribution in [0, 0.1) is 0 Å². The molecule has 17 heavy (non-hydrogen) atoms. The highest BCUT2D eigenvalue weighted by Crippen LogP contribution is 2.05. The first-order valence-corrected chi connectivity index (χ1v) is 4.76. The van der Waals surface area contributed by atoms with Crippen molar-refractivity contribution in [3.63, 3.8) is 0 Å². The number of hydrogen-bond donors (Lipinski definition) is 3. The van der Waals surface area contributed by atoms with E-state index in [4.69, 9.17) is 10.8 Å². The molecule has 8 nitrogen and oxygen atoms in total. The molecular formula is C9H12N4O4. The molecule has 0 aliphatic heterocycles. The van der Waals surface area contributed by atoms with Gasteiger partial charge >= 0.3 is 5.97 Å². The Morgan fingerprint density at radius 3 is 2.71 bits per heavy atom. The van der Waals surface area contributed by atoms with E-state index in [0.29, 0.717) is 0 Å². The average molecular weight is 240 g/mol. The monoisotopic (exact) mass is 240 g/mol. The Bertz CT molecular complexity index is 454. The number of aromatic carboxylic acids is 1. The van der Waals surface area contributed by atoms with Crippen molar-refractivity contribution in [2.75, 3.05) is 6.54 Å². The highest BCUT2D eigenvalue weighted by molar-refractivity contribution is 5.86. The van der Waals surface area contributed by atoms with Crippen LogP contribution in [0.1, 0.15) is 23.5 Å². The molecule has 0 spiro atoms.